The average molecular weight is 449 g/mol. The van der Waals surface area contributed by atoms with Gasteiger partial charge in [-0.3, -0.25) is 4.79 Å². The van der Waals surface area contributed by atoms with Crippen molar-refractivity contribution in [2.45, 2.75) is 23.3 Å². The normalized spacial score (nSPS) is 18.6. The molecule has 0 radical (unpaired) electrons. The molecule has 160 valence electrons. The summed E-state index contributed by atoms with van der Waals surface area (Å²) in [6.07, 6.45) is 0.894. The summed E-state index contributed by atoms with van der Waals surface area (Å²) in [7, 11) is 0. The summed E-state index contributed by atoms with van der Waals surface area (Å²) in [4.78, 5) is 12.2. The topological polar surface area (TPSA) is 26.3 Å². The molecule has 2 nitrogen and oxygen atoms in total. The first-order valence-corrected chi connectivity index (χ1v) is 12.9. The summed E-state index contributed by atoms with van der Waals surface area (Å²) in [6, 6.07) is 32.4. The maximum absolute atomic E-state index is 12.2. The van der Waals surface area contributed by atoms with Crippen LogP contribution in [-0.4, -0.2) is 29.3 Å². The molecule has 0 aromatic heterocycles. The van der Waals surface area contributed by atoms with Gasteiger partial charge >= 0.3 is 5.97 Å². The van der Waals surface area contributed by atoms with E-state index in [1.165, 1.54) is 16.7 Å². The maximum atomic E-state index is 12.2. The van der Waals surface area contributed by atoms with Crippen molar-refractivity contribution in [3.8, 4) is 0 Å². The quantitative estimate of drug-likeness (QED) is 0.294. The van der Waals surface area contributed by atoms with Gasteiger partial charge in [0.1, 0.15) is 0 Å². The number of benzene rings is 3. The molecular formula is C27H28O2S2. The van der Waals surface area contributed by atoms with Crippen LogP contribution in [0.4, 0.5) is 0 Å². The molecule has 0 aliphatic carbocycles. The molecule has 2 unspecified atom stereocenters. The first-order chi connectivity index (χ1) is 15.2. The predicted octanol–water partition coefficient (Wildman–Crippen LogP) is 6.40. The summed E-state index contributed by atoms with van der Waals surface area (Å²) in [5.74, 6) is 1.82. The van der Waals surface area contributed by atoms with Crippen molar-refractivity contribution in [2.75, 3.05) is 18.1 Å². The van der Waals surface area contributed by atoms with Gasteiger partial charge in [0.25, 0.3) is 0 Å². The predicted molar refractivity (Wildman–Crippen MR) is 133 cm³/mol. The molecule has 31 heavy (non-hydrogen) atoms. The third-order valence-electron chi connectivity index (χ3n) is 5.73. The molecule has 0 bridgehead atoms. The van der Waals surface area contributed by atoms with Crippen molar-refractivity contribution in [3.63, 3.8) is 0 Å². The van der Waals surface area contributed by atoms with E-state index in [2.05, 4.69) is 91.0 Å². The Bertz CT molecular complexity index is 864. The molecule has 1 aliphatic rings. The van der Waals surface area contributed by atoms with E-state index in [9.17, 15) is 4.79 Å². The van der Waals surface area contributed by atoms with Gasteiger partial charge in [0.05, 0.1) is 17.3 Å². The molecule has 0 saturated carbocycles. The first kappa shape index (κ1) is 22.0. The summed E-state index contributed by atoms with van der Waals surface area (Å²) < 4.78 is 4.97. The highest BCUT2D eigenvalue weighted by atomic mass is 32.2. The second kappa shape index (κ2) is 10.4. The highest BCUT2D eigenvalue weighted by Gasteiger charge is 2.39. The highest BCUT2D eigenvalue weighted by molar-refractivity contribution is 8.04. The fourth-order valence-electron chi connectivity index (χ4n) is 4.23. The Morgan fingerprint density at radius 2 is 1.39 bits per heavy atom. The van der Waals surface area contributed by atoms with Crippen LogP contribution in [0, 0.1) is 5.92 Å². The molecule has 3 aromatic rings. The van der Waals surface area contributed by atoms with Crippen molar-refractivity contribution in [3.05, 3.63) is 108 Å². The minimum atomic E-state index is -0.299. The molecular weight excluding hydrogens is 420 g/mol. The summed E-state index contributed by atoms with van der Waals surface area (Å²) in [6.45, 7) is 2.33. The lowest BCUT2D eigenvalue weighted by Gasteiger charge is -2.36. The monoisotopic (exact) mass is 448 g/mol. The van der Waals surface area contributed by atoms with Crippen LogP contribution >= 0.6 is 23.5 Å². The smallest absolute Gasteiger partial charge is 0.309 e. The van der Waals surface area contributed by atoms with Gasteiger partial charge in [-0.15, -0.1) is 11.8 Å². The molecule has 1 saturated heterocycles. The fraction of sp³-hybridized carbons (Fsp3) is 0.296. The van der Waals surface area contributed by atoms with Gasteiger partial charge in [-0.25, -0.2) is 0 Å². The van der Waals surface area contributed by atoms with Crippen molar-refractivity contribution in [1.29, 1.82) is 0 Å². The Labute approximate surface area is 193 Å². The summed E-state index contributed by atoms with van der Waals surface area (Å²) >= 11 is 3.89. The molecule has 3 aromatic carbocycles. The van der Waals surface area contributed by atoms with Crippen molar-refractivity contribution in [1.82, 2.24) is 0 Å². The number of hydrogen-bond acceptors (Lipinski definition) is 4. The van der Waals surface area contributed by atoms with E-state index >= 15 is 0 Å². The third-order valence-corrected chi connectivity index (χ3v) is 9.07. The zero-order chi connectivity index (χ0) is 21.5. The van der Waals surface area contributed by atoms with Crippen LogP contribution in [-0.2, 0) is 14.3 Å². The number of carbonyl (C=O) groups excluding carboxylic acids is 1. The van der Waals surface area contributed by atoms with Crippen LogP contribution in [0.5, 0.6) is 0 Å². The summed E-state index contributed by atoms with van der Waals surface area (Å²) in [5.41, 5.74) is 3.84. The standard InChI is InChI=1S/C27H28O2S2/c1-2-29-26(28)21-18-25(30-19-21)20-31-27(22-12-6-3-7-13-22,23-14-8-4-9-15-23)24-16-10-5-11-17-24/h3-17,21,25H,2,18-20H2,1H3. The maximum Gasteiger partial charge on any atom is 0.309 e. The van der Waals surface area contributed by atoms with Crippen LogP contribution in [0.2, 0.25) is 0 Å². The van der Waals surface area contributed by atoms with Crippen LogP contribution in [0.3, 0.4) is 0 Å². The lowest BCUT2D eigenvalue weighted by molar-refractivity contribution is -0.147. The van der Waals surface area contributed by atoms with Gasteiger partial charge in [0.15, 0.2) is 0 Å². The van der Waals surface area contributed by atoms with Gasteiger partial charge in [0, 0.05) is 16.8 Å². The number of carbonyl (C=O) groups is 1. The van der Waals surface area contributed by atoms with Crippen LogP contribution in [0.1, 0.15) is 30.0 Å². The van der Waals surface area contributed by atoms with E-state index in [1.807, 2.05) is 30.4 Å². The van der Waals surface area contributed by atoms with E-state index in [4.69, 9.17) is 4.74 Å². The van der Waals surface area contributed by atoms with E-state index in [-0.39, 0.29) is 16.6 Å². The molecule has 1 fully saturated rings. The second-order valence-electron chi connectivity index (χ2n) is 7.73. The Kier molecular flexibility index (Phi) is 7.41. The fourth-order valence-corrected chi connectivity index (χ4v) is 7.45. The molecule has 0 spiro atoms. The van der Waals surface area contributed by atoms with Gasteiger partial charge in [0.2, 0.25) is 0 Å². The van der Waals surface area contributed by atoms with Crippen LogP contribution < -0.4 is 0 Å². The Hall–Kier alpha value is -2.17. The van der Waals surface area contributed by atoms with Gasteiger partial charge in [-0.05, 0) is 30.0 Å². The van der Waals surface area contributed by atoms with Crippen LogP contribution in [0.15, 0.2) is 91.0 Å². The zero-order valence-corrected chi connectivity index (χ0v) is 19.4. The number of hydrogen-bond donors (Lipinski definition) is 0. The molecule has 0 N–H and O–H groups in total. The van der Waals surface area contributed by atoms with E-state index in [0.717, 1.165) is 17.9 Å². The first-order valence-electron chi connectivity index (χ1n) is 10.8. The van der Waals surface area contributed by atoms with Gasteiger partial charge < -0.3 is 4.74 Å². The SMILES string of the molecule is CCOC(=O)C1CSC(CSC(c2ccccc2)(c2ccccc2)c2ccccc2)C1. The van der Waals surface area contributed by atoms with E-state index in [0.29, 0.717) is 11.9 Å². The third kappa shape index (κ3) is 4.86. The summed E-state index contributed by atoms with van der Waals surface area (Å²) in [5, 5.41) is 0.440. The lowest BCUT2D eigenvalue weighted by Crippen LogP contribution is -2.27. The molecule has 1 aliphatic heterocycles. The number of esters is 1. The van der Waals surface area contributed by atoms with Crippen molar-refractivity contribution < 1.29 is 9.53 Å². The number of rotatable bonds is 8. The Balaban J connectivity index is 1.67. The molecule has 1 heterocycles. The zero-order valence-electron chi connectivity index (χ0n) is 17.8. The average Bonchev–Trinajstić information content (AvgIpc) is 3.31. The Morgan fingerprint density at radius 1 is 0.903 bits per heavy atom. The van der Waals surface area contributed by atoms with Crippen molar-refractivity contribution in [2.24, 2.45) is 5.92 Å². The number of thioether (sulfide) groups is 2. The molecule has 2 atom stereocenters. The molecule has 0 amide bonds. The lowest BCUT2D eigenvalue weighted by atomic mass is 9.84. The molecule has 4 heteroatoms. The Morgan fingerprint density at radius 3 is 1.84 bits per heavy atom. The molecule has 4 rings (SSSR count). The van der Waals surface area contributed by atoms with Gasteiger partial charge in [-0.1, -0.05) is 91.0 Å². The van der Waals surface area contributed by atoms with Crippen LogP contribution in [0.25, 0.3) is 0 Å². The minimum absolute atomic E-state index is 0.0233. The van der Waals surface area contributed by atoms with Crippen molar-refractivity contribution >= 4 is 29.5 Å². The second-order valence-corrected chi connectivity index (χ2v) is 10.3. The minimum Gasteiger partial charge on any atom is -0.466 e. The van der Waals surface area contributed by atoms with E-state index in [1.54, 1.807) is 0 Å². The van der Waals surface area contributed by atoms with E-state index < -0.39 is 0 Å². The highest BCUT2D eigenvalue weighted by Crippen LogP contribution is 2.50. The van der Waals surface area contributed by atoms with Gasteiger partial charge in [-0.2, -0.15) is 11.8 Å². The largest absolute Gasteiger partial charge is 0.466 e. The number of ether oxygens (including phenoxy) is 1.